The standard InChI is InChI=1S/C30H35NO5/c1-32-27-17-16-22-28-23-12-10-13-24(28)34-19-7-3-5-9-21-36-26-15-11-14-25(29(26)30(27)31-22)35-20-8-4-2-6-18-33-23/h10-17H,2-9,18-21H2,1H3. The van der Waals surface area contributed by atoms with Crippen LogP contribution in [0.4, 0.5) is 0 Å². The summed E-state index contributed by atoms with van der Waals surface area (Å²) in [5.41, 5.74) is 3.14. The van der Waals surface area contributed by atoms with Crippen LogP contribution < -0.4 is 23.7 Å². The molecule has 0 spiro atoms. The van der Waals surface area contributed by atoms with Crippen LogP contribution in [0.2, 0.25) is 0 Å². The summed E-state index contributed by atoms with van der Waals surface area (Å²) in [6.45, 7) is 2.58. The van der Waals surface area contributed by atoms with Gasteiger partial charge in [-0.05, 0) is 87.8 Å². The van der Waals surface area contributed by atoms with Crippen molar-refractivity contribution in [2.45, 2.75) is 51.4 Å². The van der Waals surface area contributed by atoms with Gasteiger partial charge in [-0.2, -0.15) is 0 Å². The lowest BCUT2D eigenvalue weighted by Gasteiger charge is -2.19. The molecule has 0 amide bonds. The minimum absolute atomic E-state index is 0.636. The maximum absolute atomic E-state index is 6.32. The lowest BCUT2D eigenvalue weighted by atomic mass is 10.0. The number of hydrogen-bond acceptors (Lipinski definition) is 6. The highest BCUT2D eigenvalue weighted by molar-refractivity contribution is 5.82. The molecule has 1 aromatic heterocycles. The molecule has 0 atom stereocenters. The normalized spacial score (nSPS) is 16.6. The largest absolute Gasteiger partial charge is 0.494 e. The zero-order chi connectivity index (χ0) is 24.6. The smallest absolute Gasteiger partial charge is 0.145 e. The molecule has 0 aliphatic carbocycles. The zero-order valence-electron chi connectivity index (χ0n) is 21.1. The van der Waals surface area contributed by atoms with Crippen LogP contribution in [-0.4, -0.2) is 38.5 Å². The monoisotopic (exact) mass is 489 g/mol. The molecule has 6 heteroatoms. The van der Waals surface area contributed by atoms with Crippen LogP contribution in [-0.2, 0) is 0 Å². The molecule has 2 aliphatic heterocycles. The third kappa shape index (κ3) is 5.53. The van der Waals surface area contributed by atoms with Gasteiger partial charge in [0, 0.05) is 0 Å². The SMILES string of the molecule is COc1ccc2nc1-c1c3cccc1OCCCCCCOc1cccc(c1-2)OCCCCCCO3. The Labute approximate surface area is 213 Å². The highest BCUT2D eigenvalue weighted by atomic mass is 16.5. The van der Waals surface area contributed by atoms with E-state index in [9.17, 15) is 0 Å². The van der Waals surface area contributed by atoms with E-state index in [0.717, 1.165) is 91.2 Å². The van der Waals surface area contributed by atoms with Crippen LogP contribution in [0, 0.1) is 0 Å². The summed E-state index contributed by atoms with van der Waals surface area (Å²) in [6.07, 6.45) is 8.27. The molecule has 0 saturated heterocycles. The number of nitrogens with zero attached hydrogens (tertiary/aromatic N) is 1. The number of pyridine rings is 1. The average Bonchev–Trinajstić information content (AvgIpc) is 2.91. The number of aromatic nitrogens is 1. The first-order chi connectivity index (χ1) is 17.8. The summed E-state index contributed by atoms with van der Waals surface area (Å²) >= 11 is 0. The molecule has 3 aromatic rings. The zero-order valence-corrected chi connectivity index (χ0v) is 21.1. The topological polar surface area (TPSA) is 59.0 Å². The van der Waals surface area contributed by atoms with Gasteiger partial charge < -0.3 is 23.7 Å². The molecule has 5 rings (SSSR count). The molecule has 2 aliphatic rings. The molecule has 190 valence electrons. The summed E-state index contributed by atoms with van der Waals surface area (Å²) in [5, 5.41) is 0. The second kappa shape index (κ2) is 12.0. The summed E-state index contributed by atoms with van der Waals surface area (Å²) in [4.78, 5) is 5.15. The predicted molar refractivity (Wildman–Crippen MR) is 141 cm³/mol. The van der Waals surface area contributed by atoms with Crippen molar-refractivity contribution in [2.75, 3.05) is 33.5 Å². The van der Waals surface area contributed by atoms with E-state index in [1.54, 1.807) is 7.11 Å². The van der Waals surface area contributed by atoms with Gasteiger partial charge in [0.25, 0.3) is 0 Å². The quantitative estimate of drug-likeness (QED) is 0.364. The van der Waals surface area contributed by atoms with Gasteiger partial charge in [-0.3, -0.25) is 0 Å². The fourth-order valence-electron chi connectivity index (χ4n) is 4.76. The Morgan fingerprint density at radius 3 is 1.44 bits per heavy atom. The molecule has 3 heterocycles. The van der Waals surface area contributed by atoms with Gasteiger partial charge in [0.05, 0.1) is 50.4 Å². The molecule has 2 aromatic carbocycles. The van der Waals surface area contributed by atoms with E-state index in [-0.39, 0.29) is 0 Å². The van der Waals surface area contributed by atoms with Crippen molar-refractivity contribution in [1.29, 1.82) is 0 Å². The van der Waals surface area contributed by atoms with Gasteiger partial charge in [0.15, 0.2) is 0 Å². The maximum Gasteiger partial charge on any atom is 0.145 e. The van der Waals surface area contributed by atoms with Crippen LogP contribution >= 0.6 is 0 Å². The van der Waals surface area contributed by atoms with Crippen LogP contribution in [0.25, 0.3) is 22.5 Å². The van der Waals surface area contributed by atoms with Gasteiger partial charge in [-0.1, -0.05) is 12.1 Å². The highest BCUT2D eigenvalue weighted by Crippen LogP contribution is 2.45. The number of rotatable bonds is 1. The molecule has 0 fully saturated rings. The lowest BCUT2D eigenvalue weighted by molar-refractivity contribution is 0.276. The Morgan fingerprint density at radius 1 is 0.556 bits per heavy atom. The van der Waals surface area contributed by atoms with Crippen LogP contribution in [0.5, 0.6) is 28.7 Å². The van der Waals surface area contributed by atoms with Gasteiger partial charge in [0.2, 0.25) is 0 Å². The van der Waals surface area contributed by atoms with E-state index < -0.39 is 0 Å². The van der Waals surface area contributed by atoms with Crippen molar-refractivity contribution in [3.8, 4) is 51.3 Å². The molecule has 0 radical (unpaired) electrons. The third-order valence-corrected chi connectivity index (χ3v) is 6.65. The second-order valence-electron chi connectivity index (χ2n) is 9.23. The van der Waals surface area contributed by atoms with Crippen molar-refractivity contribution in [3.63, 3.8) is 0 Å². The molecule has 36 heavy (non-hydrogen) atoms. The van der Waals surface area contributed by atoms with E-state index in [1.807, 2.05) is 48.5 Å². The molecule has 4 bridgehead atoms. The van der Waals surface area contributed by atoms with Gasteiger partial charge in [0.1, 0.15) is 34.4 Å². The number of hydrogen-bond donors (Lipinski definition) is 0. The molecule has 0 saturated carbocycles. The molecule has 6 nitrogen and oxygen atoms in total. The summed E-state index contributed by atoms with van der Waals surface area (Å²) < 4.78 is 31.0. The Balaban J connectivity index is 1.73. The Bertz CT molecular complexity index is 1110. The molecular formula is C30H35NO5. The minimum atomic E-state index is 0.636. The summed E-state index contributed by atoms with van der Waals surface area (Å²) in [7, 11) is 1.67. The van der Waals surface area contributed by atoms with Gasteiger partial charge in [-0.25, -0.2) is 4.98 Å². The first-order valence-corrected chi connectivity index (χ1v) is 13.2. The number of methoxy groups -OCH3 is 1. The molecule has 0 N–H and O–H groups in total. The van der Waals surface area contributed by atoms with Crippen LogP contribution in [0.15, 0.2) is 48.5 Å². The summed E-state index contributed by atoms with van der Waals surface area (Å²) in [5.74, 6) is 3.76. The summed E-state index contributed by atoms with van der Waals surface area (Å²) in [6, 6.07) is 15.9. The molecule has 0 unspecified atom stereocenters. The van der Waals surface area contributed by atoms with Crippen molar-refractivity contribution < 1.29 is 23.7 Å². The minimum Gasteiger partial charge on any atom is -0.494 e. The molecular weight excluding hydrogens is 454 g/mol. The van der Waals surface area contributed by atoms with Crippen molar-refractivity contribution in [2.24, 2.45) is 0 Å². The van der Waals surface area contributed by atoms with Crippen molar-refractivity contribution in [1.82, 2.24) is 4.98 Å². The Kier molecular flexibility index (Phi) is 8.11. The fraction of sp³-hybridized carbons (Fsp3) is 0.433. The van der Waals surface area contributed by atoms with E-state index in [1.165, 1.54) is 0 Å². The van der Waals surface area contributed by atoms with Crippen molar-refractivity contribution >= 4 is 0 Å². The average molecular weight is 490 g/mol. The Morgan fingerprint density at radius 2 is 1.00 bits per heavy atom. The highest BCUT2D eigenvalue weighted by Gasteiger charge is 2.23. The third-order valence-electron chi connectivity index (χ3n) is 6.65. The van der Waals surface area contributed by atoms with Gasteiger partial charge >= 0.3 is 0 Å². The van der Waals surface area contributed by atoms with Crippen molar-refractivity contribution in [3.05, 3.63) is 48.5 Å². The maximum atomic E-state index is 6.32. The van der Waals surface area contributed by atoms with Crippen LogP contribution in [0.3, 0.4) is 0 Å². The van der Waals surface area contributed by atoms with E-state index in [2.05, 4.69) is 0 Å². The van der Waals surface area contributed by atoms with E-state index in [4.69, 9.17) is 28.7 Å². The first kappa shape index (κ1) is 24.3. The van der Waals surface area contributed by atoms with Gasteiger partial charge in [-0.15, -0.1) is 0 Å². The fourth-order valence-corrected chi connectivity index (χ4v) is 4.76. The number of benzene rings is 2. The van der Waals surface area contributed by atoms with Crippen LogP contribution in [0.1, 0.15) is 51.4 Å². The number of ether oxygens (including phenoxy) is 5. The van der Waals surface area contributed by atoms with E-state index >= 15 is 0 Å². The Hall–Kier alpha value is -3.41. The lowest BCUT2D eigenvalue weighted by Crippen LogP contribution is -2.04. The first-order valence-electron chi connectivity index (χ1n) is 13.2. The van der Waals surface area contributed by atoms with E-state index in [0.29, 0.717) is 37.9 Å². The predicted octanol–water partition coefficient (Wildman–Crippen LogP) is 7.09. The second-order valence-corrected chi connectivity index (χ2v) is 9.23.